The first kappa shape index (κ1) is 17.4. The molecule has 2 aromatic rings. The molecule has 0 bridgehead atoms. The molecule has 1 heterocycles. The van der Waals surface area contributed by atoms with Crippen LogP contribution in [0.3, 0.4) is 0 Å². The van der Waals surface area contributed by atoms with Gasteiger partial charge in [-0.05, 0) is 23.3 Å². The van der Waals surface area contributed by atoms with E-state index >= 15 is 0 Å². The third-order valence-corrected chi connectivity index (χ3v) is 4.56. The number of benzene rings is 2. The van der Waals surface area contributed by atoms with Gasteiger partial charge in [-0.2, -0.15) is 5.10 Å². The summed E-state index contributed by atoms with van der Waals surface area (Å²) in [6.45, 7) is 0.587. The number of rotatable bonds is 5. The molecular formula is C19H18BrN3O2. The molecule has 0 aromatic heterocycles. The molecule has 0 saturated carbocycles. The quantitative estimate of drug-likeness (QED) is 0.620. The Kier molecular flexibility index (Phi) is 5.60. The lowest BCUT2D eigenvalue weighted by molar-refractivity contribution is -0.133. The second kappa shape index (κ2) is 8.07. The summed E-state index contributed by atoms with van der Waals surface area (Å²) in [7, 11) is 0. The van der Waals surface area contributed by atoms with Gasteiger partial charge in [-0.1, -0.05) is 58.4 Å². The van der Waals surface area contributed by atoms with E-state index in [1.165, 1.54) is 0 Å². The van der Waals surface area contributed by atoms with E-state index in [0.717, 1.165) is 15.6 Å². The molecular weight excluding hydrogens is 382 g/mol. The van der Waals surface area contributed by atoms with E-state index in [-0.39, 0.29) is 24.3 Å². The van der Waals surface area contributed by atoms with E-state index < -0.39 is 0 Å². The van der Waals surface area contributed by atoms with Gasteiger partial charge in [0, 0.05) is 23.4 Å². The largest absolute Gasteiger partial charge is 0.333 e. The standard InChI is InChI=1S/C19H18BrN3O2/c20-17-8-4-5-14(9-17)11-21-22-18(24)13-23-12-16(10-19(23)25)15-6-2-1-3-7-15/h1-9,11,16H,10,12-13H2,(H,22,24)/b21-11+. The van der Waals surface area contributed by atoms with Crippen molar-refractivity contribution in [2.45, 2.75) is 12.3 Å². The zero-order chi connectivity index (χ0) is 17.6. The topological polar surface area (TPSA) is 61.8 Å². The molecule has 5 nitrogen and oxygen atoms in total. The summed E-state index contributed by atoms with van der Waals surface area (Å²) in [5.41, 5.74) is 4.48. The third kappa shape index (κ3) is 4.76. The summed E-state index contributed by atoms with van der Waals surface area (Å²) in [5.74, 6) is -0.153. The minimum atomic E-state index is -0.298. The normalized spacial score (nSPS) is 17.2. The van der Waals surface area contributed by atoms with E-state index in [0.29, 0.717) is 13.0 Å². The summed E-state index contributed by atoms with van der Waals surface area (Å²) in [4.78, 5) is 25.7. The number of halogens is 1. The summed E-state index contributed by atoms with van der Waals surface area (Å²) in [6.07, 6.45) is 2.01. The van der Waals surface area contributed by atoms with Gasteiger partial charge in [-0.25, -0.2) is 5.43 Å². The van der Waals surface area contributed by atoms with Crippen LogP contribution in [0.25, 0.3) is 0 Å². The molecule has 6 heteroatoms. The zero-order valence-electron chi connectivity index (χ0n) is 13.6. The fourth-order valence-corrected chi connectivity index (χ4v) is 3.26. The van der Waals surface area contributed by atoms with Gasteiger partial charge in [0.2, 0.25) is 5.91 Å². The number of nitrogens with zero attached hydrogens (tertiary/aromatic N) is 2. The average molecular weight is 400 g/mol. The molecule has 128 valence electrons. The summed E-state index contributed by atoms with van der Waals surface area (Å²) in [5, 5.41) is 3.94. The Balaban J connectivity index is 1.52. The third-order valence-electron chi connectivity index (χ3n) is 4.07. The van der Waals surface area contributed by atoms with Crippen LogP contribution in [-0.2, 0) is 9.59 Å². The maximum atomic E-state index is 12.1. The highest BCUT2D eigenvalue weighted by Gasteiger charge is 2.31. The Morgan fingerprint density at radius 2 is 2.04 bits per heavy atom. The van der Waals surface area contributed by atoms with Gasteiger partial charge in [-0.15, -0.1) is 0 Å². The summed E-state index contributed by atoms with van der Waals surface area (Å²) < 4.78 is 0.942. The molecule has 0 aliphatic carbocycles. The lowest BCUT2D eigenvalue weighted by Crippen LogP contribution is -2.36. The minimum absolute atomic E-state index is 0.0000254. The molecule has 1 fully saturated rings. The molecule has 1 N–H and O–H groups in total. The molecule has 2 amide bonds. The minimum Gasteiger partial charge on any atom is -0.333 e. The van der Waals surface area contributed by atoms with Gasteiger partial charge in [-0.3, -0.25) is 9.59 Å². The van der Waals surface area contributed by atoms with Gasteiger partial charge in [0.15, 0.2) is 0 Å². The number of hydrogen-bond donors (Lipinski definition) is 1. The van der Waals surface area contributed by atoms with Crippen LogP contribution in [0.5, 0.6) is 0 Å². The van der Waals surface area contributed by atoms with Crippen molar-refractivity contribution in [1.29, 1.82) is 0 Å². The fourth-order valence-electron chi connectivity index (χ4n) is 2.85. The first-order chi connectivity index (χ1) is 12.1. The molecule has 2 aromatic carbocycles. The van der Waals surface area contributed by atoms with E-state index in [1.807, 2.05) is 54.6 Å². The zero-order valence-corrected chi connectivity index (χ0v) is 15.1. The predicted molar refractivity (Wildman–Crippen MR) is 100 cm³/mol. The van der Waals surface area contributed by atoms with Crippen LogP contribution in [-0.4, -0.2) is 36.0 Å². The highest BCUT2D eigenvalue weighted by atomic mass is 79.9. The number of carbonyl (C=O) groups excluding carboxylic acids is 2. The van der Waals surface area contributed by atoms with Crippen LogP contribution in [0.15, 0.2) is 64.2 Å². The molecule has 1 saturated heterocycles. The van der Waals surface area contributed by atoms with Gasteiger partial charge in [0.25, 0.3) is 5.91 Å². The van der Waals surface area contributed by atoms with Crippen LogP contribution in [0.2, 0.25) is 0 Å². The average Bonchev–Trinajstić information content (AvgIpc) is 2.96. The fraction of sp³-hybridized carbons (Fsp3) is 0.211. The number of nitrogens with one attached hydrogen (secondary N) is 1. The number of hydrazone groups is 1. The van der Waals surface area contributed by atoms with Crippen molar-refractivity contribution in [3.8, 4) is 0 Å². The van der Waals surface area contributed by atoms with Crippen LogP contribution in [0, 0.1) is 0 Å². The molecule has 1 aliphatic rings. The van der Waals surface area contributed by atoms with Crippen LogP contribution in [0.4, 0.5) is 0 Å². The van der Waals surface area contributed by atoms with Crippen molar-refractivity contribution in [1.82, 2.24) is 10.3 Å². The summed E-state index contributed by atoms with van der Waals surface area (Å²) >= 11 is 3.38. The maximum Gasteiger partial charge on any atom is 0.259 e. The molecule has 3 rings (SSSR count). The Morgan fingerprint density at radius 1 is 1.24 bits per heavy atom. The van der Waals surface area contributed by atoms with E-state index in [1.54, 1.807) is 11.1 Å². The van der Waals surface area contributed by atoms with Crippen LogP contribution < -0.4 is 5.43 Å². The molecule has 1 atom stereocenters. The lowest BCUT2D eigenvalue weighted by atomic mass is 9.99. The van der Waals surface area contributed by atoms with Crippen molar-refractivity contribution < 1.29 is 9.59 Å². The molecule has 25 heavy (non-hydrogen) atoms. The van der Waals surface area contributed by atoms with E-state index in [2.05, 4.69) is 26.5 Å². The van der Waals surface area contributed by atoms with E-state index in [9.17, 15) is 9.59 Å². The van der Waals surface area contributed by atoms with Gasteiger partial charge in [0.05, 0.1) is 6.21 Å². The molecule has 1 unspecified atom stereocenters. The Bertz CT molecular complexity index is 792. The van der Waals surface area contributed by atoms with Crippen molar-refractivity contribution in [3.05, 3.63) is 70.2 Å². The molecule has 1 aliphatic heterocycles. The summed E-state index contributed by atoms with van der Waals surface area (Å²) in [6, 6.07) is 17.5. The van der Waals surface area contributed by atoms with Crippen LogP contribution in [0.1, 0.15) is 23.5 Å². The highest BCUT2D eigenvalue weighted by Crippen LogP contribution is 2.27. The van der Waals surface area contributed by atoms with Crippen molar-refractivity contribution in [2.24, 2.45) is 5.10 Å². The lowest BCUT2D eigenvalue weighted by Gasteiger charge is -2.15. The molecule has 0 spiro atoms. The Labute approximate surface area is 154 Å². The maximum absolute atomic E-state index is 12.1. The van der Waals surface area contributed by atoms with Gasteiger partial charge in [0.1, 0.15) is 6.54 Å². The predicted octanol–water partition coefficient (Wildman–Crippen LogP) is 2.92. The first-order valence-electron chi connectivity index (χ1n) is 8.02. The SMILES string of the molecule is O=C(CN1CC(c2ccccc2)CC1=O)N/N=C/c1cccc(Br)c1. The number of likely N-dealkylation sites (tertiary alicyclic amines) is 1. The Hall–Kier alpha value is -2.47. The second-order valence-electron chi connectivity index (χ2n) is 5.93. The van der Waals surface area contributed by atoms with Crippen molar-refractivity contribution in [3.63, 3.8) is 0 Å². The Morgan fingerprint density at radius 3 is 2.80 bits per heavy atom. The molecule has 0 radical (unpaired) electrons. The van der Waals surface area contributed by atoms with Gasteiger partial charge < -0.3 is 4.90 Å². The highest BCUT2D eigenvalue weighted by molar-refractivity contribution is 9.10. The number of amides is 2. The van der Waals surface area contributed by atoms with E-state index in [4.69, 9.17) is 0 Å². The monoisotopic (exact) mass is 399 g/mol. The van der Waals surface area contributed by atoms with Gasteiger partial charge >= 0.3 is 0 Å². The second-order valence-corrected chi connectivity index (χ2v) is 6.85. The number of hydrogen-bond acceptors (Lipinski definition) is 3. The van der Waals surface area contributed by atoms with Crippen LogP contribution >= 0.6 is 15.9 Å². The first-order valence-corrected chi connectivity index (χ1v) is 8.81. The smallest absolute Gasteiger partial charge is 0.259 e. The van der Waals surface area contributed by atoms with Crippen molar-refractivity contribution >= 4 is 34.0 Å². The number of carbonyl (C=O) groups is 2. The van der Waals surface area contributed by atoms with Crippen molar-refractivity contribution in [2.75, 3.05) is 13.1 Å².